The van der Waals surface area contributed by atoms with Crippen LogP contribution >= 0.6 is 11.8 Å². The van der Waals surface area contributed by atoms with Gasteiger partial charge in [-0.15, -0.1) is 0 Å². The minimum atomic E-state index is -0.209. The van der Waals surface area contributed by atoms with Crippen molar-refractivity contribution in [2.75, 3.05) is 18.5 Å². The summed E-state index contributed by atoms with van der Waals surface area (Å²) in [5.41, 5.74) is 0.880. The van der Waals surface area contributed by atoms with Gasteiger partial charge in [0, 0.05) is 24.6 Å². The number of nitrogens with one attached hydrogen (secondary N) is 1. The average Bonchev–Trinajstić information content (AvgIpc) is 2.44. The van der Waals surface area contributed by atoms with Crippen molar-refractivity contribution in [1.82, 2.24) is 5.32 Å². The van der Waals surface area contributed by atoms with Crippen molar-refractivity contribution < 1.29 is 9.59 Å². The monoisotopic (exact) mass is 304 g/mol. The molecule has 0 aliphatic carbocycles. The second-order valence-corrected chi connectivity index (χ2v) is 6.50. The molecule has 1 aromatic rings. The van der Waals surface area contributed by atoms with Crippen LogP contribution in [-0.4, -0.2) is 25.4 Å². The third kappa shape index (κ3) is 3.88. The molecule has 1 aliphatic rings. The number of nitrogens with zero attached hydrogens (tertiary/aromatic N) is 1. The maximum Gasteiger partial charge on any atom is 0.265 e. The third-order valence-electron chi connectivity index (χ3n) is 3.25. The number of para-hydroxylation sites is 1. The lowest BCUT2D eigenvalue weighted by molar-refractivity contribution is -0.117. The van der Waals surface area contributed by atoms with Gasteiger partial charge in [-0.1, -0.05) is 37.7 Å². The number of amides is 2. The van der Waals surface area contributed by atoms with Gasteiger partial charge in [0.15, 0.2) is 0 Å². The molecule has 0 spiro atoms. The fourth-order valence-electron chi connectivity index (χ4n) is 2.00. The van der Waals surface area contributed by atoms with E-state index in [0.29, 0.717) is 17.4 Å². The first kappa shape index (κ1) is 15.6. The molecule has 0 saturated heterocycles. The van der Waals surface area contributed by atoms with Crippen LogP contribution < -0.4 is 10.2 Å². The van der Waals surface area contributed by atoms with Crippen molar-refractivity contribution in [1.29, 1.82) is 0 Å². The van der Waals surface area contributed by atoms with Gasteiger partial charge in [0.25, 0.3) is 5.91 Å². The molecule has 0 saturated carbocycles. The summed E-state index contributed by atoms with van der Waals surface area (Å²) in [6.07, 6.45) is 2.33. The van der Waals surface area contributed by atoms with Gasteiger partial charge in [0.2, 0.25) is 5.91 Å². The Morgan fingerprint density at radius 3 is 2.81 bits per heavy atom. The SMILES string of the molecule is CC(C)CCNC(=O)/C=C1/Sc2ccccc2N(C)C1=O. The predicted molar refractivity (Wildman–Crippen MR) is 86.3 cm³/mol. The van der Waals surface area contributed by atoms with Gasteiger partial charge in [-0.3, -0.25) is 9.59 Å². The number of hydrogen-bond acceptors (Lipinski definition) is 3. The molecular formula is C16H20N2O2S. The normalized spacial score (nSPS) is 16.3. The molecule has 1 heterocycles. The zero-order valence-electron chi connectivity index (χ0n) is 12.6. The largest absolute Gasteiger partial charge is 0.353 e. The first-order valence-electron chi connectivity index (χ1n) is 7.03. The molecular weight excluding hydrogens is 284 g/mol. The molecule has 1 aromatic carbocycles. The van der Waals surface area contributed by atoms with Crippen LogP contribution in [0.1, 0.15) is 20.3 Å². The fourth-order valence-corrected chi connectivity index (χ4v) is 3.09. The third-order valence-corrected chi connectivity index (χ3v) is 4.32. The Hall–Kier alpha value is -1.75. The Labute approximate surface area is 129 Å². The standard InChI is InChI=1S/C16H20N2O2S/c1-11(2)8-9-17-15(19)10-14-16(20)18(3)12-6-4-5-7-13(12)21-14/h4-7,10-11H,8-9H2,1-3H3,(H,17,19)/b14-10+. The highest BCUT2D eigenvalue weighted by Gasteiger charge is 2.26. The topological polar surface area (TPSA) is 49.4 Å². The molecule has 0 atom stereocenters. The van der Waals surface area contributed by atoms with Crippen LogP contribution in [-0.2, 0) is 9.59 Å². The van der Waals surface area contributed by atoms with E-state index in [-0.39, 0.29) is 11.8 Å². The Morgan fingerprint density at radius 2 is 2.10 bits per heavy atom. The number of carbonyl (C=O) groups excluding carboxylic acids is 2. The summed E-state index contributed by atoms with van der Waals surface area (Å²) in [6, 6.07) is 7.68. The molecule has 2 rings (SSSR count). The second kappa shape index (κ2) is 6.80. The van der Waals surface area contributed by atoms with E-state index in [1.165, 1.54) is 17.8 Å². The van der Waals surface area contributed by atoms with Gasteiger partial charge in [-0.05, 0) is 24.5 Å². The molecule has 0 aromatic heterocycles. The smallest absolute Gasteiger partial charge is 0.265 e. The van der Waals surface area contributed by atoms with E-state index in [4.69, 9.17) is 0 Å². The Kier molecular flexibility index (Phi) is 5.07. The number of anilines is 1. The summed E-state index contributed by atoms with van der Waals surface area (Å²) in [5.74, 6) is 0.193. The Balaban J connectivity index is 2.09. The molecule has 4 nitrogen and oxygen atoms in total. The van der Waals surface area contributed by atoms with Crippen LogP contribution in [0, 0.1) is 5.92 Å². The number of rotatable bonds is 4. The number of thioether (sulfide) groups is 1. The Bertz CT molecular complexity index is 581. The highest BCUT2D eigenvalue weighted by Crippen LogP contribution is 2.40. The van der Waals surface area contributed by atoms with E-state index in [1.807, 2.05) is 24.3 Å². The first-order chi connectivity index (χ1) is 9.99. The van der Waals surface area contributed by atoms with Crippen molar-refractivity contribution in [3.05, 3.63) is 35.2 Å². The van der Waals surface area contributed by atoms with E-state index >= 15 is 0 Å². The molecule has 112 valence electrons. The molecule has 5 heteroatoms. The molecule has 1 N–H and O–H groups in total. The minimum Gasteiger partial charge on any atom is -0.353 e. The van der Waals surface area contributed by atoms with E-state index in [2.05, 4.69) is 19.2 Å². The molecule has 21 heavy (non-hydrogen) atoms. The van der Waals surface area contributed by atoms with Gasteiger partial charge in [0.1, 0.15) is 0 Å². The highest BCUT2D eigenvalue weighted by molar-refractivity contribution is 8.04. The molecule has 2 amide bonds. The van der Waals surface area contributed by atoms with Crippen LogP contribution in [0.5, 0.6) is 0 Å². The van der Waals surface area contributed by atoms with Crippen molar-refractivity contribution in [3.63, 3.8) is 0 Å². The van der Waals surface area contributed by atoms with Gasteiger partial charge in [-0.25, -0.2) is 0 Å². The van der Waals surface area contributed by atoms with Crippen LogP contribution in [0.3, 0.4) is 0 Å². The zero-order chi connectivity index (χ0) is 15.4. The van der Waals surface area contributed by atoms with Crippen molar-refractivity contribution in [2.24, 2.45) is 5.92 Å². The van der Waals surface area contributed by atoms with Gasteiger partial charge in [0.05, 0.1) is 10.6 Å². The Morgan fingerprint density at radius 1 is 1.38 bits per heavy atom. The highest BCUT2D eigenvalue weighted by atomic mass is 32.2. The number of hydrogen-bond donors (Lipinski definition) is 1. The lowest BCUT2D eigenvalue weighted by Crippen LogP contribution is -2.31. The van der Waals surface area contributed by atoms with Gasteiger partial charge >= 0.3 is 0 Å². The van der Waals surface area contributed by atoms with Gasteiger partial charge in [-0.2, -0.15) is 0 Å². The number of carbonyl (C=O) groups is 2. The lowest BCUT2D eigenvalue weighted by Gasteiger charge is -2.26. The van der Waals surface area contributed by atoms with E-state index in [9.17, 15) is 9.59 Å². The number of likely N-dealkylation sites (N-methyl/N-ethyl adjacent to an activating group) is 1. The summed E-state index contributed by atoms with van der Waals surface area (Å²) >= 11 is 1.35. The first-order valence-corrected chi connectivity index (χ1v) is 7.85. The quantitative estimate of drug-likeness (QED) is 0.870. The second-order valence-electron chi connectivity index (χ2n) is 5.42. The molecule has 1 aliphatic heterocycles. The maximum absolute atomic E-state index is 12.3. The average molecular weight is 304 g/mol. The van der Waals surface area contributed by atoms with Crippen LogP contribution in [0.25, 0.3) is 0 Å². The van der Waals surface area contributed by atoms with Crippen molar-refractivity contribution in [3.8, 4) is 0 Å². The molecule has 0 unspecified atom stereocenters. The zero-order valence-corrected chi connectivity index (χ0v) is 13.4. The summed E-state index contributed by atoms with van der Waals surface area (Å²) in [4.78, 5) is 27.2. The summed E-state index contributed by atoms with van der Waals surface area (Å²) < 4.78 is 0. The molecule has 0 bridgehead atoms. The maximum atomic E-state index is 12.3. The minimum absolute atomic E-state index is 0.141. The van der Waals surface area contributed by atoms with E-state index in [1.54, 1.807) is 11.9 Å². The summed E-state index contributed by atoms with van der Waals surface area (Å²) in [7, 11) is 1.73. The molecule has 0 radical (unpaired) electrons. The van der Waals surface area contributed by atoms with Crippen LogP contribution in [0.2, 0.25) is 0 Å². The molecule has 0 fully saturated rings. The predicted octanol–water partition coefficient (Wildman–Crippen LogP) is 2.80. The number of fused-ring (bicyclic) bond motifs is 1. The van der Waals surface area contributed by atoms with E-state index in [0.717, 1.165) is 17.0 Å². The van der Waals surface area contributed by atoms with Crippen molar-refractivity contribution in [2.45, 2.75) is 25.2 Å². The van der Waals surface area contributed by atoms with Crippen molar-refractivity contribution >= 4 is 29.3 Å². The van der Waals surface area contributed by atoms with E-state index < -0.39 is 0 Å². The fraction of sp³-hybridized carbons (Fsp3) is 0.375. The lowest BCUT2D eigenvalue weighted by atomic mass is 10.1. The van der Waals surface area contributed by atoms with Crippen LogP contribution in [0.4, 0.5) is 5.69 Å². The summed E-state index contributed by atoms with van der Waals surface area (Å²) in [5, 5.41) is 2.82. The summed E-state index contributed by atoms with van der Waals surface area (Å²) in [6.45, 7) is 4.85. The van der Waals surface area contributed by atoms with Gasteiger partial charge < -0.3 is 10.2 Å². The number of benzene rings is 1. The van der Waals surface area contributed by atoms with Crippen LogP contribution in [0.15, 0.2) is 40.1 Å².